The highest BCUT2D eigenvalue weighted by Gasteiger charge is 2.36. The van der Waals surface area contributed by atoms with Crippen molar-refractivity contribution in [3.63, 3.8) is 0 Å². The molecule has 0 spiro atoms. The number of amides is 2. The summed E-state index contributed by atoms with van der Waals surface area (Å²) in [6.45, 7) is 0. The molecule has 156 valence electrons. The predicted molar refractivity (Wildman–Crippen MR) is 104 cm³/mol. The largest absolute Gasteiger partial charge is 0.435 e. The Balaban J connectivity index is 2.11. The van der Waals surface area contributed by atoms with Crippen molar-refractivity contribution in [2.24, 2.45) is 0 Å². The zero-order chi connectivity index (χ0) is 22.1. The summed E-state index contributed by atoms with van der Waals surface area (Å²) in [5, 5.41) is 8.20. The average molecular weight is 458 g/mol. The first-order valence-corrected chi connectivity index (χ1v) is 8.99. The molecule has 0 bridgehead atoms. The fraction of sp³-hybridized carbons (Fsp3) is 0.111. The second-order valence-electron chi connectivity index (χ2n) is 5.83. The summed E-state index contributed by atoms with van der Waals surface area (Å²) in [5.41, 5.74) is -1.88. The van der Waals surface area contributed by atoms with Gasteiger partial charge in [0, 0.05) is 19.3 Å². The highest BCUT2D eigenvalue weighted by molar-refractivity contribution is 6.35. The van der Waals surface area contributed by atoms with Gasteiger partial charge in [-0.2, -0.15) is 18.3 Å². The Bertz CT molecular complexity index is 1130. The summed E-state index contributed by atoms with van der Waals surface area (Å²) in [5.74, 6) is -1.73. The molecule has 0 aliphatic heterocycles. The molecule has 0 aliphatic rings. The van der Waals surface area contributed by atoms with Gasteiger partial charge in [-0.05, 0) is 24.3 Å². The molecule has 0 saturated carbocycles. The lowest BCUT2D eigenvalue weighted by atomic mass is 10.1. The van der Waals surface area contributed by atoms with Crippen molar-refractivity contribution in [2.45, 2.75) is 6.18 Å². The van der Waals surface area contributed by atoms with Gasteiger partial charge in [0.05, 0.1) is 21.3 Å². The van der Waals surface area contributed by atoms with E-state index in [9.17, 15) is 22.8 Å². The van der Waals surface area contributed by atoms with E-state index in [0.29, 0.717) is 10.7 Å². The molecule has 2 amide bonds. The number of nitrogens with zero attached hydrogens (tertiary/aromatic N) is 3. The van der Waals surface area contributed by atoms with Gasteiger partial charge in [0.2, 0.25) is 0 Å². The molecule has 0 radical (unpaired) electrons. The number of carbonyl (C=O) groups is 2. The molecule has 0 fully saturated rings. The van der Waals surface area contributed by atoms with Gasteiger partial charge < -0.3 is 10.6 Å². The van der Waals surface area contributed by atoms with E-state index in [1.165, 1.54) is 43.6 Å². The van der Waals surface area contributed by atoms with Crippen molar-refractivity contribution >= 4 is 40.7 Å². The molecule has 30 heavy (non-hydrogen) atoms. The van der Waals surface area contributed by atoms with E-state index in [0.717, 1.165) is 0 Å². The first kappa shape index (κ1) is 21.6. The van der Waals surface area contributed by atoms with Crippen molar-refractivity contribution in [1.82, 2.24) is 20.1 Å². The molecule has 7 nitrogen and oxygen atoms in total. The Labute approximate surface area is 177 Å². The molecule has 0 aliphatic carbocycles. The second kappa shape index (κ2) is 8.33. The minimum Gasteiger partial charge on any atom is -0.355 e. The third kappa shape index (κ3) is 4.24. The van der Waals surface area contributed by atoms with E-state index in [4.69, 9.17) is 23.2 Å². The fourth-order valence-corrected chi connectivity index (χ4v) is 2.95. The molecule has 2 heterocycles. The summed E-state index contributed by atoms with van der Waals surface area (Å²) in [7, 11) is 1.38. The Kier molecular flexibility index (Phi) is 5.99. The number of alkyl halides is 3. The number of pyridine rings is 1. The maximum absolute atomic E-state index is 13.2. The molecule has 12 heteroatoms. The van der Waals surface area contributed by atoms with E-state index in [-0.39, 0.29) is 27.1 Å². The van der Waals surface area contributed by atoms with Gasteiger partial charge in [0.25, 0.3) is 11.8 Å². The quantitative estimate of drug-likeness (QED) is 0.614. The lowest BCUT2D eigenvalue weighted by molar-refractivity contribution is -0.141. The van der Waals surface area contributed by atoms with E-state index < -0.39 is 29.4 Å². The molecular formula is C18H12Cl2F3N5O2. The second-order valence-corrected chi connectivity index (χ2v) is 6.64. The summed E-state index contributed by atoms with van der Waals surface area (Å²) >= 11 is 12.1. The van der Waals surface area contributed by atoms with E-state index in [2.05, 4.69) is 20.7 Å². The molecule has 0 unspecified atom stereocenters. The van der Waals surface area contributed by atoms with Crippen LogP contribution in [0.3, 0.4) is 0 Å². The number of nitrogens with one attached hydrogen (secondary N) is 2. The van der Waals surface area contributed by atoms with E-state index >= 15 is 0 Å². The summed E-state index contributed by atoms with van der Waals surface area (Å²) in [6, 6.07) is 7.71. The normalized spacial score (nSPS) is 11.3. The van der Waals surface area contributed by atoms with Crippen LogP contribution in [-0.2, 0) is 6.18 Å². The van der Waals surface area contributed by atoms with Crippen molar-refractivity contribution in [1.29, 1.82) is 0 Å². The standard InChI is InChI=1S/C18H12Cl2F3N5O2/c1-24-16(29)9-4-2-5-10(19)14(9)26-17(30)12-8-13(18(21,22)23)27-28(12)15-11(20)6-3-7-25-15/h2-8H,1H3,(H,24,29)(H,26,30). The Morgan fingerprint density at radius 2 is 1.77 bits per heavy atom. The number of rotatable bonds is 4. The Morgan fingerprint density at radius 1 is 1.07 bits per heavy atom. The molecule has 1 aromatic carbocycles. The minimum absolute atomic E-state index is 0.0161. The highest BCUT2D eigenvalue weighted by Crippen LogP contribution is 2.32. The van der Waals surface area contributed by atoms with Gasteiger partial charge >= 0.3 is 6.18 Å². The molecule has 3 aromatic rings. The van der Waals surface area contributed by atoms with Gasteiger partial charge in [-0.25, -0.2) is 9.67 Å². The van der Waals surface area contributed by atoms with Crippen LogP contribution < -0.4 is 10.6 Å². The topological polar surface area (TPSA) is 88.9 Å². The lowest BCUT2D eigenvalue weighted by Gasteiger charge is -2.13. The smallest absolute Gasteiger partial charge is 0.355 e. The first-order valence-electron chi connectivity index (χ1n) is 8.23. The number of hydrogen-bond donors (Lipinski definition) is 2. The van der Waals surface area contributed by atoms with Crippen LogP contribution in [-0.4, -0.2) is 33.6 Å². The van der Waals surface area contributed by atoms with Gasteiger partial charge in [0.1, 0.15) is 5.69 Å². The number of aromatic nitrogens is 3. The third-order valence-corrected chi connectivity index (χ3v) is 4.51. The lowest BCUT2D eigenvalue weighted by Crippen LogP contribution is -2.23. The Morgan fingerprint density at radius 3 is 2.40 bits per heavy atom. The fourth-order valence-electron chi connectivity index (χ4n) is 2.53. The SMILES string of the molecule is CNC(=O)c1cccc(Cl)c1NC(=O)c1cc(C(F)(F)F)nn1-c1ncccc1Cl. The van der Waals surface area contributed by atoms with Crippen molar-refractivity contribution in [2.75, 3.05) is 12.4 Å². The van der Waals surface area contributed by atoms with E-state index in [1.807, 2.05) is 0 Å². The maximum atomic E-state index is 13.2. The molecular weight excluding hydrogens is 446 g/mol. The van der Waals surface area contributed by atoms with Crippen molar-refractivity contribution < 1.29 is 22.8 Å². The molecule has 3 rings (SSSR count). The van der Waals surface area contributed by atoms with Gasteiger partial charge in [-0.3, -0.25) is 9.59 Å². The number of halogens is 5. The monoisotopic (exact) mass is 457 g/mol. The number of benzene rings is 1. The van der Waals surface area contributed by atoms with Crippen LogP contribution in [0.15, 0.2) is 42.6 Å². The molecule has 0 saturated heterocycles. The van der Waals surface area contributed by atoms with Gasteiger partial charge in [-0.15, -0.1) is 0 Å². The van der Waals surface area contributed by atoms with Crippen LogP contribution >= 0.6 is 23.2 Å². The summed E-state index contributed by atoms with van der Waals surface area (Å²) in [6.07, 6.45) is -3.53. The van der Waals surface area contributed by atoms with Crippen molar-refractivity contribution in [3.05, 3.63) is 69.6 Å². The Hall–Kier alpha value is -3.11. The highest BCUT2D eigenvalue weighted by atomic mass is 35.5. The zero-order valence-electron chi connectivity index (χ0n) is 15.1. The van der Waals surface area contributed by atoms with Gasteiger partial charge in [-0.1, -0.05) is 29.3 Å². The number of carbonyl (C=O) groups excluding carboxylic acids is 2. The van der Waals surface area contributed by atoms with Gasteiger partial charge in [0.15, 0.2) is 11.5 Å². The predicted octanol–water partition coefficient (Wildman–Crippen LogP) is 4.20. The molecule has 2 aromatic heterocycles. The molecule has 0 atom stereocenters. The first-order chi connectivity index (χ1) is 14.1. The van der Waals surface area contributed by atoms with Crippen LogP contribution in [0.1, 0.15) is 26.5 Å². The number of hydrogen-bond acceptors (Lipinski definition) is 4. The van der Waals surface area contributed by atoms with Crippen LogP contribution in [0.25, 0.3) is 5.82 Å². The van der Waals surface area contributed by atoms with Crippen LogP contribution in [0.4, 0.5) is 18.9 Å². The maximum Gasteiger partial charge on any atom is 0.435 e. The van der Waals surface area contributed by atoms with E-state index in [1.54, 1.807) is 0 Å². The van der Waals surface area contributed by atoms with Crippen LogP contribution in [0.2, 0.25) is 10.0 Å². The number of para-hydroxylation sites is 1. The minimum atomic E-state index is -4.82. The number of anilines is 1. The van der Waals surface area contributed by atoms with Crippen molar-refractivity contribution in [3.8, 4) is 5.82 Å². The van der Waals surface area contributed by atoms with Crippen LogP contribution in [0, 0.1) is 0 Å². The zero-order valence-corrected chi connectivity index (χ0v) is 16.6. The molecule has 2 N–H and O–H groups in total. The van der Waals surface area contributed by atoms with Crippen LogP contribution in [0.5, 0.6) is 0 Å². The third-order valence-electron chi connectivity index (χ3n) is 3.90. The summed E-state index contributed by atoms with van der Waals surface area (Å²) < 4.78 is 40.4. The summed E-state index contributed by atoms with van der Waals surface area (Å²) in [4.78, 5) is 28.8. The average Bonchev–Trinajstić information content (AvgIpc) is 3.15.